The maximum absolute atomic E-state index is 6.26. The summed E-state index contributed by atoms with van der Waals surface area (Å²) in [5.41, 5.74) is 1.26. The van der Waals surface area contributed by atoms with Crippen LogP contribution < -0.4 is 5.32 Å². The van der Waals surface area contributed by atoms with Crippen LogP contribution in [0.3, 0.4) is 0 Å². The van der Waals surface area contributed by atoms with E-state index in [1.165, 1.54) is 24.8 Å². The van der Waals surface area contributed by atoms with Gasteiger partial charge in [-0.25, -0.2) is 0 Å². The van der Waals surface area contributed by atoms with E-state index in [1.54, 1.807) is 0 Å². The molecule has 1 aliphatic rings. The van der Waals surface area contributed by atoms with Gasteiger partial charge in [-0.3, -0.25) is 0 Å². The summed E-state index contributed by atoms with van der Waals surface area (Å²) in [5.74, 6) is 2.70. The summed E-state index contributed by atoms with van der Waals surface area (Å²) in [7, 11) is 2.10. The Morgan fingerprint density at radius 1 is 1.30 bits per heavy atom. The summed E-state index contributed by atoms with van der Waals surface area (Å²) in [6.07, 6.45) is 4.00. The van der Waals surface area contributed by atoms with Crippen LogP contribution in [0.15, 0.2) is 24.3 Å². The van der Waals surface area contributed by atoms with Crippen LogP contribution in [-0.2, 0) is 5.75 Å². The molecule has 0 amide bonds. The van der Waals surface area contributed by atoms with Crippen molar-refractivity contribution >= 4 is 23.4 Å². The number of hydrogen-bond donors (Lipinski definition) is 1. The second-order valence-corrected chi connectivity index (χ2v) is 7.79. The highest BCUT2D eigenvalue weighted by atomic mass is 35.5. The first kappa shape index (κ1) is 16.2. The highest BCUT2D eigenvalue weighted by molar-refractivity contribution is 7.99. The Bertz CT molecular complexity index is 421. The molecular weight excluding hydrogens is 286 g/mol. The van der Waals surface area contributed by atoms with Gasteiger partial charge in [0.15, 0.2) is 0 Å². The summed E-state index contributed by atoms with van der Waals surface area (Å²) in [4.78, 5) is 0. The van der Waals surface area contributed by atoms with E-state index in [2.05, 4.69) is 50.1 Å². The standard InChI is InChI=1S/C17H26ClNS/c1-12(2)13-8-9-16(19-3)17(10-13)20-11-14-6-4-5-7-15(14)18/h4-7,12-13,16-17,19H,8-11H2,1-3H3. The van der Waals surface area contributed by atoms with Gasteiger partial charge < -0.3 is 5.32 Å². The Balaban J connectivity index is 1.96. The molecule has 1 aliphatic carbocycles. The lowest BCUT2D eigenvalue weighted by Gasteiger charge is -2.37. The van der Waals surface area contributed by atoms with Crippen LogP contribution in [0.5, 0.6) is 0 Å². The van der Waals surface area contributed by atoms with Crippen molar-refractivity contribution in [1.29, 1.82) is 0 Å². The van der Waals surface area contributed by atoms with Gasteiger partial charge in [0.05, 0.1) is 0 Å². The minimum absolute atomic E-state index is 0.650. The van der Waals surface area contributed by atoms with Gasteiger partial charge in [0.2, 0.25) is 0 Å². The summed E-state index contributed by atoms with van der Waals surface area (Å²) in [5, 5.41) is 5.12. The van der Waals surface area contributed by atoms with Gasteiger partial charge in [0.25, 0.3) is 0 Å². The fourth-order valence-corrected chi connectivity index (χ4v) is 4.91. The van der Waals surface area contributed by atoms with E-state index < -0.39 is 0 Å². The molecule has 112 valence electrons. The second kappa shape index (κ2) is 7.72. The predicted molar refractivity (Wildman–Crippen MR) is 91.6 cm³/mol. The Hall–Kier alpha value is -0.180. The van der Waals surface area contributed by atoms with Crippen LogP contribution in [0, 0.1) is 11.8 Å². The lowest BCUT2D eigenvalue weighted by molar-refractivity contribution is 0.251. The number of halogens is 1. The van der Waals surface area contributed by atoms with E-state index in [0.717, 1.165) is 22.6 Å². The molecule has 1 fully saturated rings. The monoisotopic (exact) mass is 311 g/mol. The van der Waals surface area contributed by atoms with E-state index in [-0.39, 0.29) is 0 Å². The molecule has 0 bridgehead atoms. The van der Waals surface area contributed by atoms with Crippen LogP contribution in [0.2, 0.25) is 5.02 Å². The van der Waals surface area contributed by atoms with E-state index in [4.69, 9.17) is 11.6 Å². The number of hydrogen-bond acceptors (Lipinski definition) is 2. The fourth-order valence-electron chi connectivity index (χ4n) is 3.09. The molecule has 0 aliphatic heterocycles. The summed E-state index contributed by atoms with van der Waals surface area (Å²) in [6, 6.07) is 8.87. The summed E-state index contributed by atoms with van der Waals surface area (Å²) >= 11 is 8.33. The first-order valence-corrected chi connectivity index (χ1v) is 9.06. The highest BCUT2D eigenvalue weighted by Crippen LogP contribution is 2.37. The zero-order chi connectivity index (χ0) is 14.5. The average Bonchev–Trinajstić information content (AvgIpc) is 2.46. The molecule has 1 saturated carbocycles. The number of benzene rings is 1. The van der Waals surface area contributed by atoms with Crippen LogP contribution >= 0.6 is 23.4 Å². The molecule has 0 saturated heterocycles. The first-order valence-electron chi connectivity index (χ1n) is 7.64. The van der Waals surface area contributed by atoms with Gasteiger partial charge in [-0.1, -0.05) is 43.6 Å². The molecule has 0 heterocycles. The molecule has 0 radical (unpaired) electrons. The molecule has 0 aromatic heterocycles. The van der Waals surface area contributed by atoms with Crippen molar-refractivity contribution in [2.24, 2.45) is 11.8 Å². The summed E-state index contributed by atoms with van der Waals surface area (Å²) < 4.78 is 0. The fraction of sp³-hybridized carbons (Fsp3) is 0.647. The minimum atomic E-state index is 0.650. The van der Waals surface area contributed by atoms with Crippen molar-refractivity contribution in [2.75, 3.05) is 7.05 Å². The van der Waals surface area contributed by atoms with Gasteiger partial charge in [-0.2, -0.15) is 11.8 Å². The topological polar surface area (TPSA) is 12.0 Å². The maximum atomic E-state index is 6.26. The third kappa shape index (κ3) is 4.16. The van der Waals surface area contributed by atoms with Gasteiger partial charge in [0.1, 0.15) is 0 Å². The number of rotatable bonds is 5. The van der Waals surface area contributed by atoms with Gasteiger partial charge in [-0.15, -0.1) is 0 Å². The van der Waals surface area contributed by atoms with Gasteiger partial charge in [0, 0.05) is 22.1 Å². The predicted octanol–water partition coefficient (Wildman–Crippen LogP) is 4.99. The molecule has 3 unspecified atom stereocenters. The largest absolute Gasteiger partial charge is 0.316 e. The number of thioether (sulfide) groups is 1. The highest BCUT2D eigenvalue weighted by Gasteiger charge is 2.31. The Labute approximate surface area is 132 Å². The van der Waals surface area contributed by atoms with Crippen LogP contribution in [0.25, 0.3) is 0 Å². The smallest absolute Gasteiger partial charge is 0.0446 e. The molecular formula is C17H26ClNS. The van der Waals surface area contributed by atoms with E-state index in [1.807, 2.05) is 12.1 Å². The molecule has 1 N–H and O–H groups in total. The molecule has 20 heavy (non-hydrogen) atoms. The molecule has 3 atom stereocenters. The van der Waals surface area contributed by atoms with E-state index >= 15 is 0 Å². The Morgan fingerprint density at radius 2 is 2.05 bits per heavy atom. The summed E-state index contributed by atoms with van der Waals surface area (Å²) in [6.45, 7) is 4.72. The lowest BCUT2D eigenvalue weighted by atomic mass is 9.79. The maximum Gasteiger partial charge on any atom is 0.0446 e. The van der Waals surface area contributed by atoms with Crippen molar-refractivity contribution in [3.63, 3.8) is 0 Å². The molecule has 1 aromatic rings. The second-order valence-electron chi connectivity index (χ2n) is 6.15. The van der Waals surface area contributed by atoms with Gasteiger partial charge in [-0.05, 0) is 49.8 Å². The average molecular weight is 312 g/mol. The minimum Gasteiger partial charge on any atom is -0.316 e. The first-order chi connectivity index (χ1) is 9.61. The SMILES string of the molecule is CNC1CCC(C(C)C)CC1SCc1ccccc1Cl. The quantitative estimate of drug-likeness (QED) is 0.822. The molecule has 3 heteroatoms. The van der Waals surface area contributed by atoms with E-state index in [0.29, 0.717) is 11.3 Å². The number of nitrogens with one attached hydrogen (secondary N) is 1. The van der Waals surface area contributed by atoms with Crippen LogP contribution in [-0.4, -0.2) is 18.3 Å². The lowest BCUT2D eigenvalue weighted by Crippen LogP contribution is -2.41. The third-order valence-corrected chi connectivity index (χ3v) is 6.35. The van der Waals surface area contributed by atoms with Crippen LogP contribution in [0.4, 0.5) is 0 Å². The molecule has 1 nitrogen and oxygen atoms in total. The molecule has 0 spiro atoms. The Morgan fingerprint density at radius 3 is 2.70 bits per heavy atom. The van der Waals surface area contributed by atoms with Crippen LogP contribution in [0.1, 0.15) is 38.7 Å². The zero-order valence-corrected chi connectivity index (χ0v) is 14.3. The van der Waals surface area contributed by atoms with Crippen molar-refractivity contribution < 1.29 is 0 Å². The third-order valence-electron chi connectivity index (χ3n) is 4.56. The van der Waals surface area contributed by atoms with Crippen molar-refractivity contribution in [3.8, 4) is 0 Å². The normalized spacial score (nSPS) is 26.9. The van der Waals surface area contributed by atoms with Gasteiger partial charge >= 0.3 is 0 Å². The molecule has 2 rings (SSSR count). The molecule has 1 aromatic carbocycles. The zero-order valence-electron chi connectivity index (χ0n) is 12.7. The Kier molecular flexibility index (Phi) is 6.25. The van der Waals surface area contributed by atoms with Crippen molar-refractivity contribution in [1.82, 2.24) is 5.32 Å². The van der Waals surface area contributed by atoms with Crippen molar-refractivity contribution in [3.05, 3.63) is 34.9 Å². The van der Waals surface area contributed by atoms with Crippen molar-refractivity contribution in [2.45, 2.75) is 50.2 Å². The van der Waals surface area contributed by atoms with E-state index in [9.17, 15) is 0 Å².